The molecule has 2 aromatic carbocycles. The van der Waals surface area contributed by atoms with Crippen molar-refractivity contribution in [3.8, 4) is 0 Å². The molecular weight excluding hydrogens is 220 g/mol. The highest BCUT2D eigenvalue weighted by Gasteiger charge is 2.20. The molecule has 2 N–H and O–H groups in total. The highest BCUT2D eigenvalue weighted by Crippen LogP contribution is 2.31. The molecule has 0 atom stereocenters. The highest BCUT2D eigenvalue weighted by atomic mass is 15.1. The number of hydrogen-bond donors (Lipinski definition) is 1. The molecule has 0 spiro atoms. The normalized spacial score (nSPS) is 13.7. The van der Waals surface area contributed by atoms with E-state index in [9.17, 15) is 0 Å². The molecule has 0 saturated heterocycles. The van der Waals surface area contributed by atoms with E-state index < -0.39 is 0 Å². The quantitative estimate of drug-likeness (QED) is 0.891. The van der Waals surface area contributed by atoms with Gasteiger partial charge in [0.1, 0.15) is 0 Å². The molecule has 1 heterocycles. The van der Waals surface area contributed by atoms with Gasteiger partial charge >= 0.3 is 0 Å². The second-order valence-corrected chi connectivity index (χ2v) is 4.78. The molecule has 0 amide bonds. The van der Waals surface area contributed by atoms with E-state index in [1.165, 1.54) is 22.4 Å². The second-order valence-electron chi connectivity index (χ2n) is 4.78. The first-order chi connectivity index (χ1) is 8.88. The van der Waals surface area contributed by atoms with Crippen molar-refractivity contribution in [2.75, 3.05) is 11.4 Å². The van der Waals surface area contributed by atoms with Crippen molar-refractivity contribution in [1.29, 1.82) is 0 Å². The first-order valence-corrected chi connectivity index (χ1v) is 6.48. The summed E-state index contributed by atoms with van der Waals surface area (Å²) >= 11 is 0. The maximum atomic E-state index is 5.80. The first kappa shape index (κ1) is 11.3. The Bertz CT molecular complexity index is 534. The summed E-state index contributed by atoms with van der Waals surface area (Å²) in [4.78, 5) is 2.45. The van der Waals surface area contributed by atoms with Crippen LogP contribution < -0.4 is 10.6 Å². The van der Waals surface area contributed by atoms with Crippen LogP contribution in [0.15, 0.2) is 48.5 Å². The number of nitrogens with zero attached hydrogens (tertiary/aromatic N) is 1. The molecule has 1 aliphatic rings. The van der Waals surface area contributed by atoms with Crippen LogP contribution in [-0.4, -0.2) is 6.54 Å². The zero-order valence-corrected chi connectivity index (χ0v) is 10.5. The molecular formula is C16H18N2. The Kier molecular flexibility index (Phi) is 3.03. The molecule has 3 rings (SSSR count). The molecule has 2 nitrogen and oxygen atoms in total. The molecule has 0 aliphatic carbocycles. The van der Waals surface area contributed by atoms with Crippen LogP contribution in [0.5, 0.6) is 0 Å². The first-order valence-electron chi connectivity index (χ1n) is 6.48. The molecule has 0 radical (unpaired) electrons. The molecule has 0 saturated carbocycles. The van der Waals surface area contributed by atoms with Gasteiger partial charge < -0.3 is 10.6 Å². The third-order valence-electron chi connectivity index (χ3n) is 3.66. The van der Waals surface area contributed by atoms with Crippen LogP contribution in [0.1, 0.15) is 16.7 Å². The van der Waals surface area contributed by atoms with Gasteiger partial charge in [0.15, 0.2) is 0 Å². The average molecular weight is 238 g/mol. The number of hydrogen-bond acceptors (Lipinski definition) is 2. The predicted octanol–water partition coefficient (Wildman–Crippen LogP) is 2.71. The molecule has 18 heavy (non-hydrogen) atoms. The van der Waals surface area contributed by atoms with Crippen molar-refractivity contribution in [3.05, 3.63) is 65.2 Å². The monoisotopic (exact) mass is 238 g/mol. The van der Waals surface area contributed by atoms with Crippen molar-refractivity contribution in [1.82, 2.24) is 0 Å². The van der Waals surface area contributed by atoms with E-state index in [-0.39, 0.29) is 0 Å². The Labute approximate surface area is 108 Å². The molecule has 2 heteroatoms. The maximum absolute atomic E-state index is 5.80. The Hall–Kier alpha value is -1.80. The van der Waals surface area contributed by atoms with Crippen molar-refractivity contribution in [2.24, 2.45) is 5.73 Å². The Morgan fingerprint density at radius 2 is 1.83 bits per heavy atom. The van der Waals surface area contributed by atoms with E-state index in [4.69, 9.17) is 5.73 Å². The summed E-state index contributed by atoms with van der Waals surface area (Å²) in [5, 5.41) is 0. The van der Waals surface area contributed by atoms with Gasteiger partial charge in [-0.1, -0.05) is 42.5 Å². The van der Waals surface area contributed by atoms with Gasteiger partial charge in [-0.3, -0.25) is 0 Å². The van der Waals surface area contributed by atoms with Crippen LogP contribution in [0.3, 0.4) is 0 Å². The van der Waals surface area contributed by atoms with Crippen LogP contribution in [0.25, 0.3) is 0 Å². The summed E-state index contributed by atoms with van der Waals surface area (Å²) in [5.74, 6) is 0. The minimum atomic E-state index is 0.641. The Morgan fingerprint density at radius 1 is 1.00 bits per heavy atom. The van der Waals surface area contributed by atoms with E-state index in [0.717, 1.165) is 19.5 Å². The Morgan fingerprint density at radius 3 is 2.61 bits per heavy atom. The third kappa shape index (κ3) is 2.00. The van der Waals surface area contributed by atoms with Gasteiger partial charge in [0.2, 0.25) is 0 Å². The van der Waals surface area contributed by atoms with Crippen molar-refractivity contribution in [3.63, 3.8) is 0 Å². The Balaban J connectivity index is 1.87. The summed E-state index contributed by atoms with van der Waals surface area (Å²) in [6, 6.07) is 17.1. The number of rotatable bonds is 3. The summed E-state index contributed by atoms with van der Waals surface area (Å²) in [5.41, 5.74) is 11.3. The van der Waals surface area contributed by atoms with Crippen molar-refractivity contribution in [2.45, 2.75) is 19.5 Å². The lowest BCUT2D eigenvalue weighted by molar-refractivity contribution is 0.835. The number of nitrogens with two attached hydrogens (primary N) is 1. The van der Waals surface area contributed by atoms with E-state index in [2.05, 4.69) is 53.4 Å². The van der Waals surface area contributed by atoms with Gasteiger partial charge in [0.25, 0.3) is 0 Å². The van der Waals surface area contributed by atoms with Gasteiger partial charge in [-0.05, 0) is 29.2 Å². The summed E-state index contributed by atoms with van der Waals surface area (Å²) in [6.07, 6.45) is 1.12. The molecule has 2 aromatic rings. The fraction of sp³-hybridized carbons (Fsp3) is 0.250. The smallest absolute Gasteiger partial charge is 0.0429 e. The fourth-order valence-corrected chi connectivity index (χ4v) is 2.73. The van der Waals surface area contributed by atoms with E-state index in [1.54, 1.807) is 0 Å². The number of fused-ring (bicyclic) bond motifs is 1. The van der Waals surface area contributed by atoms with Gasteiger partial charge in [0, 0.05) is 25.3 Å². The van der Waals surface area contributed by atoms with Crippen LogP contribution in [-0.2, 0) is 19.5 Å². The topological polar surface area (TPSA) is 29.3 Å². The summed E-state index contributed by atoms with van der Waals surface area (Å²) in [7, 11) is 0. The summed E-state index contributed by atoms with van der Waals surface area (Å²) in [6.45, 7) is 2.73. The number of benzene rings is 2. The largest absolute Gasteiger partial charge is 0.367 e. The standard InChI is InChI=1S/C16H18N2/c17-11-14-7-4-8-16-15(14)9-10-18(16)12-13-5-2-1-3-6-13/h1-8H,9-12,17H2. The van der Waals surface area contributed by atoms with E-state index in [0.29, 0.717) is 6.54 Å². The SMILES string of the molecule is NCc1cccc2c1CCN2Cc1ccccc1. The fourth-order valence-electron chi connectivity index (χ4n) is 2.73. The number of anilines is 1. The highest BCUT2D eigenvalue weighted by molar-refractivity contribution is 5.61. The maximum Gasteiger partial charge on any atom is 0.0429 e. The lowest BCUT2D eigenvalue weighted by Gasteiger charge is -2.19. The zero-order valence-electron chi connectivity index (χ0n) is 10.5. The minimum Gasteiger partial charge on any atom is -0.367 e. The van der Waals surface area contributed by atoms with Gasteiger partial charge in [-0.2, -0.15) is 0 Å². The van der Waals surface area contributed by atoms with Crippen LogP contribution in [0.2, 0.25) is 0 Å². The minimum absolute atomic E-state index is 0.641. The predicted molar refractivity (Wildman–Crippen MR) is 75.5 cm³/mol. The lowest BCUT2D eigenvalue weighted by atomic mass is 10.1. The van der Waals surface area contributed by atoms with Crippen molar-refractivity contribution < 1.29 is 0 Å². The van der Waals surface area contributed by atoms with E-state index in [1.807, 2.05) is 0 Å². The average Bonchev–Trinajstić information content (AvgIpc) is 2.83. The van der Waals surface area contributed by atoms with Gasteiger partial charge in [-0.25, -0.2) is 0 Å². The summed E-state index contributed by atoms with van der Waals surface area (Å²) < 4.78 is 0. The van der Waals surface area contributed by atoms with Gasteiger partial charge in [-0.15, -0.1) is 0 Å². The molecule has 1 aliphatic heterocycles. The van der Waals surface area contributed by atoms with Crippen molar-refractivity contribution >= 4 is 5.69 Å². The molecule has 0 aromatic heterocycles. The lowest BCUT2D eigenvalue weighted by Crippen LogP contribution is -2.19. The second kappa shape index (κ2) is 4.83. The molecule has 0 unspecified atom stereocenters. The third-order valence-corrected chi connectivity index (χ3v) is 3.66. The van der Waals surface area contributed by atoms with Crippen LogP contribution in [0.4, 0.5) is 5.69 Å². The molecule has 0 bridgehead atoms. The van der Waals surface area contributed by atoms with Crippen LogP contribution in [0, 0.1) is 0 Å². The van der Waals surface area contributed by atoms with Crippen LogP contribution >= 0.6 is 0 Å². The molecule has 92 valence electrons. The van der Waals surface area contributed by atoms with Gasteiger partial charge in [0.05, 0.1) is 0 Å². The molecule has 0 fully saturated rings. The van der Waals surface area contributed by atoms with E-state index >= 15 is 0 Å². The zero-order chi connectivity index (χ0) is 12.4.